The zero-order valence-corrected chi connectivity index (χ0v) is 21.3. The SMILES string of the molecule is CCc1ccc(-c2ccc(Cl)cc2)cc1C1=C(OC(=O)C(C)CC)C(C)(C)OC(C)(C)C1=O. The Morgan fingerprint density at radius 2 is 1.61 bits per heavy atom. The van der Waals surface area contributed by atoms with Crippen LogP contribution in [0.15, 0.2) is 48.2 Å². The summed E-state index contributed by atoms with van der Waals surface area (Å²) < 4.78 is 12.1. The summed E-state index contributed by atoms with van der Waals surface area (Å²) in [6, 6.07) is 13.7. The zero-order valence-electron chi connectivity index (χ0n) is 20.5. The van der Waals surface area contributed by atoms with Crippen molar-refractivity contribution in [1.29, 1.82) is 0 Å². The van der Waals surface area contributed by atoms with E-state index in [9.17, 15) is 9.59 Å². The van der Waals surface area contributed by atoms with Crippen LogP contribution in [0.25, 0.3) is 16.7 Å². The van der Waals surface area contributed by atoms with Crippen molar-refractivity contribution in [3.05, 3.63) is 64.4 Å². The number of benzene rings is 2. The lowest BCUT2D eigenvalue weighted by Crippen LogP contribution is -2.50. The van der Waals surface area contributed by atoms with E-state index in [1.54, 1.807) is 13.8 Å². The van der Waals surface area contributed by atoms with Crippen molar-refractivity contribution in [2.75, 3.05) is 0 Å². The monoisotopic (exact) mass is 468 g/mol. The second kappa shape index (κ2) is 9.44. The normalized spacial score (nSPS) is 18.2. The first-order chi connectivity index (χ1) is 15.4. The van der Waals surface area contributed by atoms with Crippen molar-refractivity contribution in [3.63, 3.8) is 0 Å². The minimum atomic E-state index is -1.06. The minimum Gasteiger partial charge on any atom is -0.427 e. The summed E-state index contributed by atoms with van der Waals surface area (Å²) in [5, 5.41) is 0.661. The van der Waals surface area contributed by atoms with Gasteiger partial charge in [0.1, 0.15) is 11.2 Å². The van der Waals surface area contributed by atoms with Crippen molar-refractivity contribution in [3.8, 4) is 11.1 Å². The first-order valence-corrected chi connectivity index (χ1v) is 11.9. The highest BCUT2D eigenvalue weighted by atomic mass is 35.5. The highest BCUT2D eigenvalue weighted by Gasteiger charge is 2.49. The molecule has 0 radical (unpaired) electrons. The van der Waals surface area contributed by atoms with Crippen LogP contribution in [0.5, 0.6) is 0 Å². The van der Waals surface area contributed by atoms with Crippen molar-refractivity contribution >= 4 is 28.9 Å². The molecular formula is C28H33ClO4. The van der Waals surface area contributed by atoms with E-state index in [-0.39, 0.29) is 23.4 Å². The molecule has 0 bridgehead atoms. The highest BCUT2D eigenvalue weighted by molar-refractivity contribution is 6.30. The van der Waals surface area contributed by atoms with Gasteiger partial charge < -0.3 is 9.47 Å². The lowest BCUT2D eigenvalue weighted by molar-refractivity contribution is -0.167. The average Bonchev–Trinajstić information content (AvgIpc) is 2.76. The van der Waals surface area contributed by atoms with Gasteiger partial charge in [-0.1, -0.05) is 56.6 Å². The van der Waals surface area contributed by atoms with Gasteiger partial charge in [0.15, 0.2) is 11.5 Å². The summed E-state index contributed by atoms with van der Waals surface area (Å²) in [6.45, 7) is 13.0. The summed E-state index contributed by atoms with van der Waals surface area (Å²) in [5.74, 6) is -0.566. The quantitative estimate of drug-likeness (QED) is 0.427. The van der Waals surface area contributed by atoms with Crippen molar-refractivity contribution in [2.24, 2.45) is 5.92 Å². The molecule has 0 saturated carbocycles. The number of ketones is 1. The molecule has 0 aliphatic carbocycles. The van der Waals surface area contributed by atoms with Crippen LogP contribution < -0.4 is 0 Å². The highest BCUT2D eigenvalue weighted by Crippen LogP contribution is 2.43. The van der Waals surface area contributed by atoms with Gasteiger partial charge in [0.2, 0.25) is 0 Å². The molecule has 33 heavy (non-hydrogen) atoms. The fourth-order valence-electron chi connectivity index (χ4n) is 4.16. The topological polar surface area (TPSA) is 52.6 Å². The third-order valence-corrected chi connectivity index (χ3v) is 6.47. The molecule has 0 spiro atoms. The predicted octanol–water partition coefficient (Wildman–Crippen LogP) is 7.03. The summed E-state index contributed by atoms with van der Waals surface area (Å²) in [6.07, 6.45) is 1.37. The number of aryl methyl sites for hydroxylation is 1. The fraction of sp³-hybridized carbons (Fsp3) is 0.429. The second-order valence-corrected chi connectivity index (χ2v) is 10.1. The van der Waals surface area contributed by atoms with Crippen LogP contribution in [-0.2, 0) is 25.5 Å². The number of ether oxygens (including phenoxy) is 2. The molecule has 1 heterocycles. The van der Waals surface area contributed by atoms with Crippen molar-refractivity contribution < 1.29 is 19.1 Å². The van der Waals surface area contributed by atoms with Gasteiger partial charge in [-0.15, -0.1) is 0 Å². The lowest BCUT2D eigenvalue weighted by Gasteiger charge is -2.42. The Morgan fingerprint density at radius 1 is 1.00 bits per heavy atom. The molecule has 0 fully saturated rings. The smallest absolute Gasteiger partial charge is 0.313 e. The maximum atomic E-state index is 13.7. The van der Waals surface area contributed by atoms with E-state index in [1.807, 2.05) is 77.1 Å². The summed E-state index contributed by atoms with van der Waals surface area (Å²) >= 11 is 6.07. The van der Waals surface area contributed by atoms with Crippen molar-refractivity contribution in [2.45, 2.75) is 72.5 Å². The van der Waals surface area contributed by atoms with Gasteiger partial charge in [0.05, 0.1) is 11.5 Å². The van der Waals surface area contributed by atoms with E-state index in [4.69, 9.17) is 21.1 Å². The maximum Gasteiger partial charge on any atom is 0.313 e. The molecule has 1 unspecified atom stereocenters. The number of carbonyl (C=O) groups excluding carboxylic acids is 2. The minimum absolute atomic E-state index is 0.197. The number of rotatable bonds is 6. The maximum absolute atomic E-state index is 13.7. The number of carbonyl (C=O) groups is 2. The number of hydrogen-bond donors (Lipinski definition) is 0. The molecular weight excluding hydrogens is 436 g/mol. The predicted molar refractivity (Wildman–Crippen MR) is 133 cm³/mol. The van der Waals surface area contributed by atoms with Crippen LogP contribution in [0, 0.1) is 5.92 Å². The van der Waals surface area contributed by atoms with E-state index < -0.39 is 11.2 Å². The van der Waals surface area contributed by atoms with E-state index >= 15 is 0 Å². The van der Waals surface area contributed by atoms with Crippen LogP contribution in [0.3, 0.4) is 0 Å². The third kappa shape index (κ3) is 5.07. The van der Waals surface area contributed by atoms with Gasteiger partial charge in [-0.25, -0.2) is 0 Å². The molecule has 0 amide bonds. The van der Waals surface area contributed by atoms with E-state index in [0.29, 0.717) is 17.0 Å². The Labute approximate surface area is 201 Å². The molecule has 3 rings (SSSR count). The van der Waals surface area contributed by atoms with Crippen LogP contribution in [0.2, 0.25) is 5.02 Å². The zero-order chi connectivity index (χ0) is 24.6. The molecule has 4 nitrogen and oxygen atoms in total. The Kier molecular flexibility index (Phi) is 7.21. The van der Waals surface area contributed by atoms with Gasteiger partial charge in [0, 0.05) is 5.02 Å². The summed E-state index contributed by atoms with van der Waals surface area (Å²) in [7, 11) is 0. The standard InChI is InChI=1S/C28H33ClO4/c1-8-17(3)26(31)32-25-23(24(30)27(4,5)33-28(25,6)7)22-16-20(11-10-18(22)9-2)19-12-14-21(29)15-13-19/h10-17H,8-9H2,1-7H3. The van der Waals surface area contributed by atoms with Gasteiger partial charge >= 0.3 is 5.97 Å². The molecule has 0 aromatic heterocycles. The molecule has 1 atom stereocenters. The fourth-order valence-corrected chi connectivity index (χ4v) is 4.29. The second-order valence-electron chi connectivity index (χ2n) is 9.62. The van der Waals surface area contributed by atoms with Gasteiger partial charge in [-0.05, 0) is 81.0 Å². The van der Waals surface area contributed by atoms with Gasteiger partial charge in [0.25, 0.3) is 0 Å². The summed E-state index contributed by atoms with van der Waals surface area (Å²) in [4.78, 5) is 26.5. The first-order valence-electron chi connectivity index (χ1n) is 11.5. The number of hydrogen-bond acceptors (Lipinski definition) is 4. The van der Waals surface area contributed by atoms with E-state index in [0.717, 1.165) is 28.7 Å². The van der Waals surface area contributed by atoms with Crippen LogP contribution >= 0.6 is 11.6 Å². The Hall–Kier alpha value is -2.43. The molecule has 5 heteroatoms. The first kappa shape index (κ1) is 25.2. The lowest BCUT2D eigenvalue weighted by atomic mass is 9.80. The molecule has 0 N–H and O–H groups in total. The molecule has 0 saturated heterocycles. The Bertz CT molecular complexity index is 1090. The van der Waals surface area contributed by atoms with Crippen molar-refractivity contribution in [1.82, 2.24) is 0 Å². The largest absolute Gasteiger partial charge is 0.427 e. The third-order valence-electron chi connectivity index (χ3n) is 6.21. The molecule has 1 aliphatic rings. The summed E-state index contributed by atoms with van der Waals surface area (Å²) in [5.41, 5.74) is 2.10. The van der Waals surface area contributed by atoms with Gasteiger partial charge in [-0.2, -0.15) is 0 Å². The Morgan fingerprint density at radius 3 is 2.18 bits per heavy atom. The van der Waals surface area contributed by atoms with Crippen LogP contribution in [0.1, 0.15) is 66.0 Å². The van der Waals surface area contributed by atoms with Crippen LogP contribution in [0.4, 0.5) is 0 Å². The number of esters is 1. The molecule has 2 aromatic carbocycles. The van der Waals surface area contributed by atoms with E-state index in [2.05, 4.69) is 0 Å². The molecule has 176 valence electrons. The molecule has 2 aromatic rings. The number of Topliss-reactive ketones (excluding diaryl/α,β-unsaturated/α-hetero) is 1. The molecule has 1 aliphatic heterocycles. The Balaban J connectivity index is 2.29. The van der Waals surface area contributed by atoms with Gasteiger partial charge in [-0.3, -0.25) is 9.59 Å². The van der Waals surface area contributed by atoms with E-state index in [1.165, 1.54) is 0 Å². The average molecular weight is 469 g/mol. The number of halogens is 1. The van der Waals surface area contributed by atoms with Crippen LogP contribution in [-0.4, -0.2) is 23.0 Å².